The van der Waals surface area contributed by atoms with E-state index in [1.54, 1.807) is 18.3 Å². The van der Waals surface area contributed by atoms with Crippen LogP contribution in [0.25, 0.3) is 22.3 Å². The second-order valence-corrected chi connectivity index (χ2v) is 8.25. The van der Waals surface area contributed by atoms with E-state index in [2.05, 4.69) is 35.6 Å². The van der Waals surface area contributed by atoms with E-state index >= 15 is 0 Å². The fourth-order valence-corrected chi connectivity index (χ4v) is 3.81. The third-order valence-corrected chi connectivity index (χ3v) is 5.75. The van der Waals surface area contributed by atoms with Gasteiger partial charge in [0.05, 0.1) is 11.6 Å². The van der Waals surface area contributed by atoms with Gasteiger partial charge in [0.25, 0.3) is 5.91 Å². The number of benzene rings is 2. The predicted octanol–water partition coefficient (Wildman–Crippen LogP) is 3.95. The van der Waals surface area contributed by atoms with Crippen molar-refractivity contribution < 1.29 is 9.18 Å². The van der Waals surface area contributed by atoms with Gasteiger partial charge in [-0.1, -0.05) is 36.4 Å². The van der Waals surface area contributed by atoms with E-state index in [-0.39, 0.29) is 29.1 Å². The number of pyridine rings is 1. The zero-order chi connectivity index (χ0) is 25.1. The molecule has 0 aliphatic carbocycles. The van der Waals surface area contributed by atoms with Crippen LogP contribution in [0.1, 0.15) is 34.6 Å². The van der Waals surface area contributed by atoms with Gasteiger partial charge >= 0.3 is 5.69 Å². The largest absolute Gasteiger partial charge is 0.364 e. The predicted molar refractivity (Wildman–Crippen MR) is 134 cm³/mol. The van der Waals surface area contributed by atoms with Gasteiger partial charge in [-0.15, -0.1) is 0 Å². The van der Waals surface area contributed by atoms with E-state index in [9.17, 15) is 14.0 Å². The number of rotatable bonds is 7. The molecular formula is C26H22FN7O2. The summed E-state index contributed by atoms with van der Waals surface area (Å²) in [5.41, 5.74) is 4.61. The van der Waals surface area contributed by atoms with Gasteiger partial charge in [0.1, 0.15) is 5.82 Å². The van der Waals surface area contributed by atoms with Gasteiger partial charge in [-0.3, -0.25) is 9.78 Å². The van der Waals surface area contributed by atoms with Crippen LogP contribution in [0.15, 0.2) is 78.0 Å². The molecule has 180 valence electrons. The van der Waals surface area contributed by atoms with Crippen molar-refractivity contribution in [3.8, 4) is 11.1 Å². The number of anilines is 1. The van der Waals surface area contributed by atoms with Gasteiger partial charge in [0.2, 0.25) is 0 Å². The normalized spacial score (nSPS) is 11.8. The van der Waals surface area contributed by atoms with Crippen molar-refractivity contribution >= 4 is 22.9 Å². The molecule has 10 heteroatoms. The zero-order valence-corrected chi connectivity index (χ0v) is 19.2. The molecule has 3 aromatic heterocycles. The quantitative estimate of drug-likeness (QED) is 0.278. The maximum absolute atomic E-state index is 13.2. The number of halogens is 1. The summed E-state index contributed by atoms with van der Waals surface area (Å²) >= 11 is 0. The van der Waals surface area contributed by atoms with Gasteiger partial charge in [-0.2, -0.15) is 0 Å². The van der Waals surface area contributed by atoms with Crippen LogP contribution in [0.4, 0.5) is 10.2 Å². The van der Waals surface area contributed by atoms with Crippen LogP contribution in [0, 0.1) is 5.82 Å². The molecule has 36 heavy (non-hydrogen) atoms. The number of carbonyl (C=O) groups is 1. The van der Waals surface area contributed by atoms with Crippen LogP contribution in [0.5, 0.6) is 0 Å². The summed E-state index contributed by atoms with van der Waals surface area (Å²) < 4.78 is 13.2. The molecule has 2 aromatic carbocycles. The number of fused-ring (bicyclic) bond motifs is 1. The maximum Gasteiger partial charge on any atom is 0.325 e. The summed E-state index contributed by atoms with van der Waals surface area (Å²) in [4.78, 5) is 42.4. The highest BCUT2D eigenvalue weighted by Crippen LogP contribution is 2.22. The molecule has 0 spiro atoms. The molecule has 0 unspecified atom stereocenters. The van der Waals surface area contributed by atoms with Gasteiger partial charge in [-0.05, 0) is 41.8 Å². The Bertz CT molecular complexity index is 1580. The Kier molecular flexibility index (Phi) is 6.23. The molecular weight excluding hydrogens is 461 g/mol. The van der Waals surface area contributed by atoms with E-state index in [0.717, 1.165) is 22.3 Å². The lowest BCUT2D eigenvalue weighted by atomic mass is 10.1. The van der Waals surface area contributed by atoms with E-state index in [4.69, 9.17) is 0 Å². The number of hydrogen-bond acceptors (Lipinski definition) is 6. The van der Waals surface area contributed by atoms with E-state index in [1.807, 2.05) is 37.3 Å². The van der Waals surface area contributed by atoms with Gasteiger partial charge in [0, 0.05) is 30.7 Å². The first-order chi connectivity index (χ1) is 17.5. The van der Waals surface area contributed by atoms with Crippen LogP contribution in [0.2, 0.25) is 0 Å². The molecule has 9 nitrogen and oxygen atoms in total. The smallest absolute Gasteiger partial charge is 0.325 e. The Hall–Kier alpha value is -4.86. The molecule has 4 N–H and O–H groups in total. The summed E-state index contributed by atoms with van der Waals surface area (Å²) in [7, 11) is 0. The van der Waals surface area contributed by atoms with Crippen molar-refractivity contribution in [3.05, 3.63) is 106 Å². The van der Waals surface area contributed by atoms with Crippen molar-refractivity contribution in [2.24, 2.45) is 0 Å². The number of imidazole rings is 1. The second-order valence-electron chi connectivity index (χ2n) is 8.25. The van der Waals surface area contributed by atoms with E-state index < -0.39 is 0 Å². The number of H-pyrrole nitrogens is 2. The van der Waals surface area contributed by atoms with Gasteiger partial charge in [0.15, 0.2) is 17.2 Å². The third-order valence-electron chi connectivity index (χ3n) is 5.75. The number of carbonyl (C=O) groups excluding carboxylic acids is 1. The summed E-state index contributed by atoms with van der Waals surface area (Å²) in [6.07, 6.45) is 4.68. The molecule has 1 amide bonds. The van der Waals surface area contributed by atoms with Crippen molar-refractivity contribution in [3.63, 3.8) is 0 Å². The van der Waals surface area contributed by atoms with Gasteiger partial charge < -0.3 is 15.6 Å². The highest BCUT2D eigenvalue weighted by atomic mass is 19.1. The lowest BCUT2D eigenvalue weighted by molar-refractivity contribution is 0.0935. The van der Waals surface area contributed by atoms with Crippen LogP contribution >= 0.6 is 0 Å². The Balaban J connectivity index is 1.26. The molecule has 3 heterocycles. The number of hydrogen-bond donors (Lipinski definition) is 4. The molecule has 0 saturated heterocycles. The Labute approximate surface area is 204 Å². The zero-order valence-electron chi connectivity index (χ0n) is 19.2. The van der Waals surface area contributed by atoms with Gasteiger partial charge in [-0.25, -0.2) is 24.1 Å². The van der Waals surface area contributed by atoms with E-state index in [0.29, 0.717) is 23.5 Å². The highest BCUT2D eigenvalue weighted by molar-refractivity contribution is 5.96. The van der Waals surface area contributed by atoms with Crippen molar-refractivity contribution in [2.45, 2.75) is 19.5 Å². The fourth-order valence-electron chi connectivity index (χ4n) is 3.81. The summed E-state index contributed by atoms with van der Waals surface area (Å²) in [5, 5.41) is 6.05. The number of aromatic nitrogens is 5. The minimum atomic E-state index is -0.386. The lowest BCUT2D eigenvalue weighted by Crippen LogP contribution is -2.28. The highest BCUT2D eigenvalue weighted by Gasteiger charge is 2.17. The molecule has 0 fully saturated rings. The number of aromatic amines is 2. The first-order valence-electron chi connectivity index (χ1n) is 11.2. The van der Waals surface area contributed by atoms with Crippen LogP contribution in [-0.4, -0.2) is 30.8 Å². The summed E-state index contributed by atoms with van der Waals surface area (Å²) in [5.74, 6) is -0.361. The number of amides is 1. The fraction of sp³-hybridized carbons (Fsp3) is 0.115. The van der Waals surface area contributed by atoms with Crippen LogP contribution in [-0.2, 0) is 6.54 Å². The Morgan fingerprint density at radius 2 is 1.72 bits per heavy atom. The molecule has 1 atom stereocenters. The third kappa shape index (κ3) is 4.97. The minimum Gasteiger partial charge on any atom is -0.364 e. The average Bonchev–Trinajstić information content (AvgIpc) is 3.27. The standard InChI is InChI=1S/C26H22FN7O2/c1-15(17-6-8-20(27)9-7-17)32-25(35)22-24(29-11-10-28-22)30-13-16-2-4-18(5-3-16)19-12-21-23(31-14-19)34-26(36)33-21/h2-12,14-15H,13H2,1H3,(H,29,30)(H,32,35)(H2,31,33,34,36)/t15-/m0/s1. The molecule has 0 aliphatic rings. The number of nitrogens with zero attached hydrogens (tertiary/aromatic N) is 3. The van der Waals surface area contributed by atoms with E-state index in [1.165, 1.54) is 24.5 Å². The molecule has 0 radical (unpaired) electrons. The summed E-state index contributed by atoms with van der Waals surface area (Å²) in [6.45, 7) is 2.24. The van der Waals surface area contributed by atoms with Crippen LogP contribution in [0.3, 0.4) is 0 Å². The van der Waals surface area contributed by atoms with Crippen LogP contribution < -0.4 is 16.3 Å². The maximum atomic E-state index is 13.2. The lowest BCUT2D eigenvalue weighted by Gasteiger charge is -2.15. The molecule has 0 saturated carbocycles. The Morgan fingerprint density at radius 1 is 0.972 bits per heavy atom. The first-order valence-corrected chi connectivity index (χ1v) is 11.2. The molecule has 0 bridgehead atoms. The average molecular weight is 484 g/mol. The SMILES string of the molecule is C[C@H](NC(=O)c1nccnc1NCc1ccc(-c2cnc3[nH]c(=O)[nH]c3c2)cc1)c1ccc(F)cc1. The minimum absolute atomic E-state index is 0.169. The first kappa shape index (κ1) is 22.9. The Morgan fingerprint density at radius 3 is 2.50 bits per heavy atom. The molecule has 5 aromatic rings. The number of nitrogens with one attached hydrogen (secondary N) is 4. The van der Waals surface area contributed by atoms with Crippen molar-refractivity contribution in [1.82, 2.24) is 30.2 Å². The summed E-state index contributed by atoms with van der Waals surface area (Å²) in [6, 6.07) is 15.3. The monoisotopic (exact) mass is 483 g/mol. The molecule has 5 rings (SSSR count). The van der Waals surface area contributed by atoms with Crippen molar-refractivity contribution in [1.29, 1.82) is 0 Å². The second kappa shape index (κ2) is 9.79. The van der Waals surface area contributed by atoms with Crippen molar-refractivity contribution in [2.75, 3.05) is 5.32 Å². The molecule has 0 aliphatic heterocycles. The topological polar surface area (TPSA) is 128 Å².